The molecule has 3 atom stereocenters. The van der Waals surface area contributed by atoms with Crippen molar-refractivity contribution >= 4 is 0 Å². The van der Waals surface area contributed by atoms with E-state index in [0.717, 1.165) is 23.9 Å². The Morgan fingerprint density at radius 3 is 2.40 bits per heavy atom. The Bertz CT molecular complexity index is 217. The van der Waals surface area contributed by atoms with Crippen LogP contribution < -0.4 is 5.32 Å². The third kappa shape index (κ3) is 3.21. The van der Waals surface area contributed by atoms with E-state index in [4.69, 9.17) is 0 Å². The minimum atomic E-state index is 0.566. The van der Waals surface area contributed by atoms with Crippen LogP contribution in [0.1, 0.15) is 59.8 Å². The summed E-state index contributed by atoms with van der Waals surface area (Å²) in [5.41, 5.74) is 0.566. The highest BCUT2D eigenvalue weighted by Gasteiger charge is 2.37. The predicted molar refractivity (Wildman–Crippen MR) is 65.9 cm³/mol. The molecule has 0 aromatic heterocycles. The van der Waals surface area contributed by atoms with Crippen LogP contribution in [0.2, 0.25) is 0 Å². The lowest BCUT2D eigenvalue weighted by Gasteiger charge is -2.23. The number of hydrogen-bond acceptors (Lipinski definition) is 1. The molecule has 0 saturated heterocycles. The number of hydrogen-bond donors (Lipinski definition) is 1. The Balaban J connectivity index is 1.78. The minimum Gasteiger partial charge on any atom is -0.311 e. The molecule has 0 spiro atoms. The lowest BCUT2D eigenvalue weighted by atomic mass is 9.91. The van der Waals surface area contributed by atoms with E-state index in [1.807, 2.05) is 0 Å². The highest BCUT2D eigenvalue weighted by Crippen LogP contribution is 2.41. The van der Waals surface area contributed by atoms with Crippen LogP contribution in [0.3, 0.4) is 0 Å². The van der Waals surface area contributed by atoms with Crippen molar-refractivity contribution < 1.29 is 0 Å². The Morgan fingerprint density at radius 1 is 1.27 bits per heavy atom. The molecule has 1 nitrogen and oxygen atoms in total. The van der Waals surface area contributed by atoms with Gasteiger partial charge >= 0.3 is 0 Å². The topological polar surface area (TPSA) is 12.0 Å². The molecular weight excluding hydrogens is 182 g/mol. The first-order valence-corrected chi connectivity index (χ1v) is 6.72. The molecule has 0 heterocycles. The van der Waals surface area contributed by atoms with Crippen molar-refractivity contribution in [3.63, 3.8) is 0 Å². The summed E-state index contributed by atoms with van der Waals surface area (Å²) in [5, 5.41) is 3.86. The van der Waals surface area contributed by atoms with E-state index >= 15 is 0 Å². The fraction of sp³-hybridized carbons (Fsp3) is 1.00. The molecule has 0 aromatic carbocycles. The molecule has 88 valence electrons. The van der Waals surface area contributed by atoms with Gasteiger partial charge in [0.2, 0.25) is 0 Å². The summed E-state index contributed by atoms with van der Waals surface area (Å²) in [7, 11) is 0. The van der Waals surface area contributed by atoms with Crippen molar-refractivity contribution in [1.82, 2.24) is 5.32 Å². The molecule has 2 fully saturated rings. The second-order valence-electron chi connectivity index (χ2n) is 6.90. The van der Waals surface area contributed by atoms with Crippen LogP contribution in [0, 0.1) is 17.3 Å². The summed E-state index contributed by atoms with van der Waals surface area (Å²) >= 11 is 0. The van der Waals surface area contributed by atoms with E-state index in [1.54, 1.807) is 0 Å². The molecule has 2 rings (SSSR count). The molecule has 2 aliphatic carbocycles. The lowest BCUT2D eigenvalue weighted by Crippen LogP contribution is -2.38. The van der Waals surface area contributed by atoms with Gasteiger partial charge < -0.3 is 5.32 Å². The normalized spacial score (nSPS) is 36.8. The highest BCUT2D eigenvalue weighted by atomic mass is 15.0. The summed E-state index contributed by atoms with van der Waals surface area (Å²) in [6, 6.07) is 1.51. The van der Waals surface area contributed by atoms with Gasteiger partial charge in [0.05, 0.1) is 0 Å². The van der Waals surface area contributed by atoms with Crippen molar-refractivity contribution in [3.05, 3.63) is 0 Å². The molecule has 3 unspecified atom stereocenters. The van der Waals surface area contributed by atoms with Crippen LogP contribution in [0.25, 0.3) is 0 Å². The third-order valence-corrected chi connectivity index (χ3v) is 4.22. The molecule has 2 saturated carbocycles. The van der Waals surface area contributed by atoms with Crippen LogP contribution in [0.15, 0.2) is 0 Å². The van der Waals surface area contributed by atoms with Crippen molar-refractivity contribution in [2.24, 2.45) is 17.3 Å². The maximum Gasteiger partial charge on any atom is 0.0100 e. The zero-order valence-electron chi connectivity index (χ0n) is 10.8. The van der Waals surface area contributed by atoms with Gasteiger partial charge in [0, 0.05) is 12.1 Å². The van der Waals surface area contributed by atoms with Gasteiger partial charge in [-0.05, 0) is 43.4 Å². The molecule has 1 N–H and O–H groups in total. The second kappa shape index (κ2) is 4.08. The third-order valence-electron chi connectivity index (χ3n) is 4.22. The molecule has 1 heteroatoms. The Hall–Kier alpha value is -0.0400. The van der Waals surface area contributed by atoms with Crippen LogP contribution in [-0.4, -0.2) is 12.1 Å². The smallest absolute Gasteiger partial charge is 0.0100 e. The van der Waals surface area contributed by atoms with Crippen molar-refractivity contribution in [1.29, 1.82) is 0 Å². The summed E-state index contributed by atoms with van der Waals surface area (Å²) in [5.74, 6) is 1.92. The summed E-state index contributed by atoms with van der Waals surface area (Å²) in [6.07, 6.45) is 7.13. The average Bonchev–Trinajstić information content (AvgIpc) is 2.80. The van der Waals surface area contributed by atoms with Crippen molar-refractivity contribution in [2.75, 3.05) is 0 Å². The maximum atomic E-state index is 3.86. The van der Waals surface area contributed by atoms with Gasteiger partial charge in [0.25, 0.3) is 0 Å². The molecule has 0 amide bonds. The first-order chi connectivity index (χ1) is 6.96. The SMILES string of the molecule is CC(CC1CC1)NC1CC(C)(C)CC1C. The largest absolute Gasteiger partial charge is 0.311 e. The molecule has 0 aliphatic heterocycles. The quantitative estimate of drug-likeness (QED) is 0.746. The molecule has 2 aliphatic rings. The van der Waals surface area contributed by atoms with E-state index in [1.165, 1.54) is 32.1 Å². The van der Waals surface area contributed by atoms with Gasteiger partial charge in [-0.3, -0.25) is 0 Å². The fourth-order valence-corrected chi connectivity index (χ4v) is 3.40. The Kier molecular flexibility index (Phi) is 3.12. The predicted octanol–water partition coefficient (Wildman–Crippen LogP) is 3.59. The van der Waals surface area contributed by atoms with Crippen LogP contribution >= 0.6 is 0 Å². The molecular formula is C14H27N. The van der Waals surface area contributed by atoms with Crippen LogP contribution in [0.4, 0.5) is 0 Å². The van der Waals surface area contributed by atoms with Gasteiger partial charge in [0.1, 0.15) is 0 Å². The first-order valence-electron chi connectivity index (χ1n) is 6.72. The number of nitrogens with one attached hydrogen (secondary N) is 1. The summed E-state index contributed by atoms with van der Waals surface area (Å²) in [4.78, 5) is 0. The highest BCUT2D eigenvalue weighted by molar-refractivity contribution is 4.92. The van der Waals surface area contributed by atoms with Gasteiger partial charge in [0.15, 0.2) is 0 Å². The first kappa shape index (κ1) is 11.4. The van der Waals surface area contributed by atoms with E-state index < -0.39 is 0 Å². The van der Waals surface area contributed by atoms with Gasteiger partial charge in [-0.1, -0.05) is 33.6 Å². The minimum absolute atomic E-state index is 0.566. The molecule has 0 bridgehead atoms. The van der Waals surface area contributed by atoms with Crippen molar-refractivity contribution in [2.45, 2.75) is 71.9 Å². The standard InChI is InChI=1S/C14H27N/c1-10-8-14(3,4)9-13(10)15-11(2)7-12-5-6-12/h10-13,15H,5-9H2,1-4H3. The molecule has 0 aromatic rings. The monoisotopic (exact) mass is 209 g/mol. The van der Waals surface area contributed by atoms with Gasteiger partial charge in [-0.15, -0.1) is 0 Å². The molecule has 0 radical (unpaired) electrons. The summed E-state index contributed by atoms with van der Waals surface area (Å²) < 4.78 is 0. The van der Waals surface area contributed by atoms with Gasteiger partial charge in [-0.2, -0.15) is 0 Å². The zero-order valence-corrected chi connectivity index (χ0v) is 10.8. The van der Waals surface area contributed by atoms with Gasteiger partial charge in [-0.25, -0.2) is 0 Å². The van der Waals surface area contributed by atoms with E-state index in [0.29, 0.717) is 5.41 Å². The zero-order chi connectivity index (χ0) is 11.1. The van der Waals surface area contributed by atoms with E-state index in [-0.39, 0.29) is 0 Å². The summed E-state index contributed by atoms with van der Waals surface area (Å²) in [6.45, 7) is 9.61. The van der Waals surface area contributed by atoms with E-state index in [9.17, 15) is 0 Å². The fourth-order valence-electron chi connectivity index (χ4n) is 3.40. The Morgan fingerprint density at radius 2 is 1.93 bits per heavy atom. The van der Waals surface area contributed by atoms with E-state index in [2.05, 4.69) is 33.0 Å². The number of rotatable bonds is 4. The van der Waals surface area contributed by atoms with Crippen molar-refractivity contribution in [3.8, 4) is 0 Å². The maximum absolute atomic E-state index is 3.86. The molecule has 15 heavy (non-hydrogen) atoms. The van der Waals surface area contributed by atoms with Crippen LogP contribution in [-0.2, 0) is 0 Å². The average molecular weight is 209 g/mol. The second-order valence-corrected chi connectivity index (χ2v) is 6.90. The van der Waals surface area contributed by atoms with Crippen LogP contribution in [0.5, 0.6) is 0 Å². The Labute approximate surface area is 95.0 Å². The lowest BCUT2D eigenvalue weighted by molar-refractivity contribution is 0.347.